The lowest BCUT2D eigenvalue weighted by Crippen LogP contribution is -2.20. The van der Waals surface area contributed by atoms with Crippen molar-refractivity contribution in [2.75, 3.05) is 0 Å². The van der Waals surface area contributed by atoms with Gasteiger partial charge in [-0.05, 0) is 0 Å². The Hall–Kier alpha value is -1.04. The van der Waals surface area contributed by atoms with Gasteiger partial charge in [0, 0.05) is 0 Å². The molecule has 0 aromatic carbocycles. The van der Waals surface area contributed by atoms with Crippen molar-refractivity contribution in [1.29, 1.82) is 0 Å². The van der Waals surface area contributed by atoms with Crippen LogP contribution in [-0.4, -0.2) is 46.4 Å². The molecule has 0 aliphatic carbocycles. The second-order valence-electron chi connectivity index (χ2n) is 2.63. The molecule has 94 valence electrons. The average Bonchev–Trinajstić information content (AvgIpc) is 2.64. The molecule has 0 aliphatic rings. The predicted molar refractivity (Wildman–Crippen MR) is 58.5 cm³/mol. The molecule has 8 nitrogen and oxygen atoms in total. The third kappa shape index (κ3) is 4.38. The normalized spacial score (nSPS) is 14.2. The van der Waals surface area contributed by atoms with E-state index in [1.165, 1.54) is 0 Å². The maximum absolute atomic E-state index is 10.7. The zero-order valence-corrected chi connectivity index (χ0v) is 10.4. The number of thioether (sulfide) groups is 1. The first-order valence-corrected chi connectivity index (χ1v) is 6.76. The van der Waals surface area contributed by atoms with Crippen LogP contribution in [0.5, 0.6) is 0 Å². The molecule has 11 heteroatoms. The fourth-order valence-corrected chi connectivity index (χ4v) is 3.31. The van der Waals surface area contributed by atoms with Crippen molar-refractivity contribution in [3.05, 3.63) is 0 Å². The molecule has 2 atom stereocenters. The molecule has 0 radical (unpaired) electrons. The Kier molecular flexibility index (Phi) is 4.99. The minimum atomic E-state index is -2.28. The van der Waals surface area contributed by atoms with Crippen molar-refractivity contribution < 1.29 is 28.6 Å². The van der Waals surface area contributed by atoms with Crippen LogP contribution in [0.4, 0.5) is 0 Å². The van der Waals surface area contributed by atoms with Crippen LogP contribution in [0.3, 0.4) is 0 Å². The summed E-state index contributed by atoms with van der Waals surface area (Å²) >= 11 is -0.846. The summed E-state index contributed by atoms with van der Waals surface area (Å²) in [6, 6.07) is 0. The Morgan fingerprint density at radius 3 is 2.47 bits per heavy atom. The molecule has 0 saturated carbocycles. The highest BCUT2D eigenvalue weighted by Crippen LogP contribution is 2.29. The first-order valence-electron chi connectivity index (χ1n) is 3.95. The summed E-state index contributed by atoms with van der Waals surface area (Å²) in [5, 5.41) is 22.9. The molecule has 0 saturated heterocycles. The number of carboxylic acid groups (broad SMARTS) is 2. The Labute approximate surface area is 105 Å². The van der Waals surface area contributed by atoms with Crippen LogP contribution in [0, 0.1) is 0 Å². The Morgan fingerprint density at radius 2 is 2.06 bits per heavy atom. The van der Waals surface area contributed by atoms with Gasteiger partial charge >= 0.3 is 11.9 Å². The van der Waals surface area contributed by atoms with Crippen LogP contribution in [0.15, 0.2) is 8.68 Å². The van der Waals surface area contributed by atoms with Gasteiger partial charge in [-0.15, -0.1) is 10.2 Å². The van der Waals surface area contributed by atoms with Crippen LogP contribution >= 0.6 is 23.1 Å². The van der Waals surface area contributed by atoms with E-state index >= 15 is 0 Å². The van der Waals surface area contributed by atoms with Crippen LogP contribution in [0.1, 0.15) is 6.42 Å². The van der Waals surface area contributed by atoms with E-state index in [9.17, 15) is 13.8 Å². The lowest BCUT2D eigenvalue weighted by Gasteiger charge is -2.05. The zero-order chi connectivity index (χ0) is 13.0. The molecular formula is C6H6N2O6S3. The molecule has 1 aromatic rings. The summed E-state index contributed by atoms with van der Waals surface area (Å²) in [5.41, 5.74) is 0. The number of aromatic nitrogens is 2. The Bertz CT molecular complexity index is 460. The highest BCUT2D eigenvalue weighted by atomic mass is 32.2. The summed E-state index contributed by atoms with van der Waals surface area (Å²) in [4.78, 5) is 21.2. The number of aliphatic carboxylic acids is 2. The molecule has 0 amide bonds. The lowest BCUT2D eigenvalue weighted by atomic mass is 10.3. The highest BCUT2D eigenvalue weighted by molar-refractivity contribution is 8.02. The van der Waals surface area contributed by atoms with Gasteiger partial charge in [0.1, 0.15) is 5.25 Å². The summed E-state index contributed by atoms with van der Waals surface area (Å²) in [7, 11) is 0. The van der Waals surface area contributed by atoms with Gasteiger partial charge in [-0.2, -0.15) is 0 Å². The van der Waals surface area contributed by atoms with Crippen LogP contribution in [0.2, 0.25) is 0 Å². The number of carbonyl (C=O) groups is 2. The van der Waals surface area contributed by atoms with Crippen molar-refractivity contribution in [2.45, 2.75) is 20.4 Å². The molecule has 1 rings (SSSR count). The summed E-state index contributed by atoms with van der Waals surface area (Å²) in [5.74, 6) is -2.54. The number of nitrogens with zero attached hydrogens (tertiary/aromatic N) is 2. The van der Waals surface area contributed by atoms with Crippen molar-refractivity contribution in [3.63, 3.8) is 0 Å². The van der Waals surface area contributed by atoms with Gasteiger partial charge in [-0.3, -0.25) is 9.59 Å². The van der Waals surface area contributed by atoms with Gasteiger partial charge in [0.25, 0.3) is 0 Å². The topological polar surface area (TPSA) is 138 Å². The van der Waals surface area contributed by atoms with Crippen molar-refractivity contribution in [3.8, 4) is 0 Å². The second-order valence-corrected chi connectivity index (χ2v) is 6.20. The first kappa shape index (κ1) is 14.0. The van der Waals surface area contributed by atoms with Crippen molar-refractivity contribution >= 4 is 46.1 Å². The zero-order valence-electron chi connectivity index (χ0n) is 7.97. The Morgan fingerprint density at radius 1 is 1.41 bits per heavy atom. The minimum Gasteiger partial charge on any atom is -0.481 e. The highest BCUT2D eigenvalue weighted by Gasteiger charge is 2.24. The van der Waals surface area contributed by atoms with Crippen molar-refractivity contribution in [1.82, 2.24) is 10.2 Å². The van der Waals surface area contributed by atoms with E-state index in [4.69, 9.17) is 14.8 Å². The number of rotatable bonds is 6. The molecule has 1 heterocycles. The van der Waals surface area contributed by atoms with Crippen LogP contribution < -0.4 is 0 Å². The first-order chi connectivity index (χ1) is 7.90. The van der Waals surface area contributed by atoms with E-state index in [-0.39, 0.29) is 8.68 Å². The summed E-state index contributed by atoms with van der Waals surface area (Å²) < 4.78 is 19.3. The van der Waals surface area contributed by atoms with Gasteiger partial charge < -0.3 is 14.8 Å². The van der Waals surface area contributed by atoms with E-state index in [0.717, 1.165) is 11.3 Å². The third-order valence-corrected chi connectivity index (χ3v) is 4.46. The molecule has 1 aromatic heterocycles. The largest absolute Gasteiger partial charge is 0.481 e. The fourth-order valence-electron chi connectivity index (χ4n) is 0.775. The van der Waals surface area contributed by atoms with E-state index in [2.05, 4.69) is 10.2 Å². The monoisotopic (exact) mass is 298 g/mol. The predicted octanol–water partition coefficient (Wildman–Crippen LogP) is 0.139. The molecule has 0 spiro atoms. The quantitative estimate of drug-likeness (QED) is 0.494. The van der Waals surface area contributed by atoms with E-state index in [0.29, 0.717) is 11.8 Å². The van der Waals surface area contributed by atoms with Gasteiger partial charge in [-0.25, -0.2) is 4.21 Å². The van der Waals surface area contributed by atoms with E-state index < -0.39 is 34.7 Å². The molecule has 17 heavy (non-hydrogen) atoms. The maximum atomic E-state index is 10.7. The molecule has 2 unspecified atom stereocenters. The molecule has 0 bridgehead atoms. The SMILES string of the molecule is O=C(O)CC(Sc1nnc(S(=O)O)s1)C(=O)O. The lowest BCUT2D eigenvalue weighted by molar-refractivity contribution is -0.142. The number of hydrogen-bond acceptors (Lipinski definition) is 7. The fraction of sp³-hybridized carbons (Fsp3) is 0.333. The number of hydrogen-bond donors (Lipinski definition) is 3. The average molecular weight is 298 g/mol. The van der Waals surface area contributed by atoms with Crippen LogP contribution in [-0.2, 0) is 20.7 Å². The molecule has 3 N–H and O–H groups in total. The minimum absolute atomic E-state index is 0.135. The molecular weight excluding hydrogens is 292 g/mol. The van der Waals surface area contributed by atoms with E-state index in [1.807, 2.05) is 0 Å². The van der Waals surface area contributed by atoms with Crippen molar-refractivity contribution in [2.24, 2.45) is 0 Å². The number of carboxylic acids is 2. The van der Waals surface area contributed by atoms with Gasteiger partial charge in [-0.1, -0.05) is 23.1 Å². The summed E-state index contributed by atoms with van der Waals surface area (Å²) in [6.07, 6.45) is -0.572. The van der Waals surface area contributed by atoms with E-state index in [1.54, 1.807) is 0 Å². The summed E-state index contributed by atoms with van der Waals surface area (Å²) in [6.45, 7) is 0. The maximum Gasteiger partial charge on any atom is 0.317 e. The van der Waals surface area contributed by atoms with Crippen LogP contribution in [0.25, 0.3) is 0 Å². The van der Waals surface area contributed by atoms with Gasteiger partial charge in [0.05, 0.1) is 6.42 Å². The Balaban J connectivity index is 2.75. The third-order valence-electron chi connectivity index (χ3n) is 1.42. The van der Waals surface area contributed by atoms with Gasteiger partial charge in [0.15, 0.2) is 4.34 Å². The van der Waals surface area contributed by atoms with Gasteiger partial charge in [0.2, 0.25) is 15.4 Å². The molecule has 0 fully saturated rings. The second kappa shape index (κ2) is 6.05. The molecule has 0 aliphatic heterocycles. The smallest absolute Gasteiger partial charge is 0.317 e. The standard InChI is InChI=1S/C6H6N2O6S3/c9-3(10)1-2(4(11)12)15-5-7-8-6(16-5)17(13)14/h2H,1H2,(H,9,10)(H,11,12)(H,13,14).